The highest BCUT2D eigenvalue weighted by molar-refractivity contribution is 7.15. The number of nitrogens with zero attached hydrogens (tertiary/aromatic N) is 3. The van der Waals surface area contributed by atoms with Gasteiger partial charge < -0.3 is 10.2 Å². The van der Waals surface area contributed by atoms with Crippen molar-refractivity contribution in [3.8, 4) is 11.3 Å². The number of thiazole rings is 1. The number of hydrogen-bond donors (Lipinski definition) is 1. The maximum atomic E-state index is 12.3. The van der Waals surface area contributed by atoms with Crippen LogP contribution in [0.4, 0.5) is 0 Å². The minimum Gasteiger partial charge on any atom is -0.356 e. The number of rotatable bonds is 9. The molecule has 1 aromatic carbocycles. The Balaban J connectivity index is 1.57. The molecule has 0 fully saturated rings. The van der Waals surface area contributed by atoms with Gasteiger partial charge in [-0.05, 0) is 26.1 Å². The highest BCUT2D eigenvalue weighted by Crippen LogP contribution is 2.23. The molecular weight excluding hydrogens is 344 g/mol. The van der Waals surface area contributed by atoms with Crippen LogP contribution in [0.1, 0.15) is 26.0 Å². The first-order chi connectivity index (χ1) is 12.7. The summed E-state index contributed by atoms with van der Waals surface area (Å²) in [6, 6.07) is 10.1. The highest BCUT2D eigenvalue weighted by atomic mass is 32.1. The molecular formula is C20H26N4OS. The number of carbonyl (C=O) groups excluding carboxylic acids is 1. The van der Waals surface area contributed by atoms with Crippen LogP contribution < -0.4 is 5.32 Å². The number of nitrogens with one attached hydrogen (secondary N) is 1. The Morgan fingerprint density at radius 2 is 2.00 bits per heavy atom. The number of hydrogen-bond acceptors (Lipinski definition) is 4. The van der Waals surface area contributed by atoms with E-state index in [2.05, 4.69) is 41.2 Å². The van der Waals surface area contributed by atoms with Crippen molar-refractivity contribution < 1.29 is 4.79 Å². The van der Waals surface area contributed by atoms with E-state index in [4.69, 9.17) is 0 Å². The Morgan fingerprint density at radius 1 is 1.23 bits per heavy atom. The van der Waals surface area contributed by atoms with Gasteiger partial charge in [-0.3, -0.25) is 9.20 Å². The van der Waals surface area contributed by atoms with Crippen molar-refractivity contribution in [3.63, 3.8) is 0 Å². The Kier molecular flexibility index (Phi) is 6.41. The van der Waals surface area contributed by atoms with E-state index < -0.39 is 0 Å². The van der Waals surface area contributed by atoms with Crippen LogP contribution in [0.25, 0.3) is 16.2 Å². The molecule has 0 atom stereocenters. The Morgan fingerprint density at radius 3 is 2.73 bits per heavy atom. The van der Waals surface area contributed by atoms with Crippen molar-refractivity contribution in [2.75, 3.05) is 26.2 Å². The molecule has 0 saturated carbocycles. The minimum atomic E-state index is 0.0687. The maximum Gasteiger partial charge on any atom is 0.225 e. The zero-order valence-corrected chi connectivity index (χ0v) is 16.3. The van der Waals surface area contributed by atoms with E-state index in [0.29, 0.717) is 6.42 Å². The largest absolute Gasteiger partial charge is 0.356 e. The quantitative estimate of drug-likeness (QED) is 0.587. The molecule has 138 valence electrons. The average molecular weight is 371 g/mol. The lowest BCUT2D eigenvalue weighted by Crippen LogP contribution is -2.30. The van der Waals surface area contributed by atoms with E-state index in [1.54, 1.807) is 11.3 Å². The SMILES string of the molecule is CCN(CC)CCCNC(=O)Cc1csc2nc(-c3ccccc3)cn12. The van der Waals surface area contributed by atoms with Crippen LogP contribution in [-0.2, 0) is 11.2 Å². The number of aromatic nitrogens is 2. The molecule has 26 heavy (non-hydrogen) atoms. The minimum absolute atomic E-state index is 0.0687. The maximum absolute atomic E-state index is 12.3. The van der Waals surface area contributed by atoms with Crippen LogP contribution in [-0.4, -0.2) is 46.4 Å². The molecule has 2 heterocycles. The van der Waals surface area contributed by atoms with E-state index in [-0.39, 0.29) is 5.91 Å². The van der Waals surface area contributed by atoms with Crippen molar-refractivity contribution in [2.45, 2.75) is 26.7 Å². The van der Waals surface area contributed by atoms with Gasteiger partial charge in [-0.25, -0.2) is 4.98 Å². The summed E-state index contributed by atoms with van der Waals surface area (Å²) >= 11 is 1.57. The van der Waals surface area contributed by atoms with Gasteiger partial charge in [-0.15, -0.1) is 11.3 Å². The van der Waals surface area contributed by atoms with Gasteiger partial charge in [0.1, 0.15) is 0 Å². The second kappa shape index (κ2) is 8.96. The van der Waals surface area contributed by atoms with Gasteiger partial charge in [0.05, 0.1) is 12.1 Å². The molecule has 0 aliphatic carbocycles. The molecule has 3 aromatic rings. The fourth-order valence-corrected chi connectivity index (χ4v) is 3.87. The summed E-state index contributed by atoms with van der Waals surface area (Å²) in [5.74, 6) is 0.0687. The van der Waals surface area contributed by atoms with Crippen LogP contribution in [0.3, 0.4) is 0 Å². The van der Waals surface area contributed by atoms with E-state index >= 15 is 0 Å². The van der Waals surface area contributed by atoms with Crippen molar-refractivity contribution >= 4 is 22.2 Å². The number of benzene rings is 1. The monoisotopic (exact) mass is 370 g/mol. The van der Waals surface area contributed by atoms with Gasteiger partial charge in [0, 0.05) is 29.4 Å². The van der Waals surface area contributed by atoms with E-state index in [9.17, 15) is 4.79 Å². The summed E-state index contributed by atoms with van der Waals surface area (Å²) in [5, 5.41) is 5.05. The second-order valence-electron chi connectivity index (χ2n) is 6.28. The Hall–Kier alpha value is -2.18. The van der Waals surface area contributed by atoms with Gasteiger partial charge in [-0.1, -0.05) is 44.2 Å². The predicted octanol–water partition coefficient (Wildman–Crippen LogP) is 3.45. The molecule has 1 N–H and O–H groups in total. The molecule has 0 unspecified atom stereocenters. The van der Waals surface area contributed by atoms with Crippen molar-refractivity contribution in [1.29, 1.82) is 0 Å². The van der Waals surface area contributed by atoms with E-state index in [1.807, 2.05) is 34.2 Å². The van der Waals surface area contributed by atoms with Crippen molar-refractivity contribution in [3.05, 3.63) is 47.6 Å². The molecule has 0 spiro atoms. The topological polar surface area (TPSA) is 49.6 Å². The third-order valence-electron chi connectivity index (χ3n) is 4.56. The fraction of sp³-hybridized carbons (Fsp3) is 0.400. The molecule has 6 heteroatoms. The van der Waals surface area contributed by atoms with Gasteiger partial charge in [0.15, 0.2) is 4.96 Å². The molecule has 1 amide bonds. The molecule has 0 aliphatic heterocycles. The van der Waals surface area contributed by atoms with Gasteiger partial charge in [-0.2, -0.15) is 0 Å². The normalized spacial score (nSPS) is 11.3. The second-order valence-corrected chi connectivity index (χ2v) is 7.12. The lowest BCUT2D eigenvalue weighted by Gasteiger charge is -2.17. The van der Waals surface area contributed by atoms with Crippen molar-refractivity contribution in [2.24, 2.45) is 0 Å². The summed E-state index contributed by atoms with van der Waals surface area (Å²) in [5.41, 5.74) is 3.02. The van der Waals surface area contributed by atoms with Crippen LogP contribution in [0.15, 0.2) is 41.9 Å². The average Bonchev–Trinajstić information content (AvgIpc) is 3.25. The first-order valence-corrected chi connectivity index (χ1v) is 10.1. The molecule has 3 rings (SSSR count). The summed E-state index contributed by atoms with van der Waals surface area (Å²) < 4.78 is 2.03. The third kappa shape index (κ3) is 4.51. The fourth-order valence-electron chi connectivity index (χ4n) is 3.00. The van der Waals surface area contributed by atoms with Crippen LogP contribution in [0, 0.1) is 0 Å². The molecule has 5 nitrogen and oxygen atoms in total. The zero-order chi connectivity index (χ0) is 18.4. The third-order valence-corrected chi connectivity index (χ3v) is 5.45. The lowest BCUT2D eigenvalue weighted by atomic mass is 10.2. The van der Waals surface area contributed by atoms with Crippen LogP contribution >= 0.6 is 11.3 Å². The Labute approximate surface area is 158 Å². The van der Waals surface area contributed by atoms with Crippen LogP contribution in [0.2, 0.25) is 0 Å². The van der Waals surface area contributed by atoms with Crippen molar-refractivity contribution in [1.82, 2.24) is 19.6 Å². The summed E-state index contributed by atoms with van der Waals surface area (Å²) in [6.07, 6.45) is 3.38. The standard InChI is InChI=1S/C20H26N4OS/c1-3-23(4-2)12-8-11-21-19(25)13-17-15-26-20-22-18(14-24(17)20)16-9-6-5-7-10-16/h5-7,9-10,14-15H,3-4,8,11-13H2,1-2H3,(H,21,25). The summed E-state index contributed by atoms with van der Waals surface area (Å²) in [7, 11) is 0. The predicted molar refractivity (Wildman–Crippen MR) is 108 cm³/mol. The summed E-state index contributed by atoms with van der Waals surface area (Å²) in [4.78, 5) is 20.2. The summed E-state index contributed by atoms with van der Waals surface area (Å²) in [6.45, 7) is 8.20. The Bertz CT molecular complexity index is 836. The number of imidazole rings is 1. The number of amides is 1. The molecule has 0 saturated heterocycles. The first kappa shape index (κ1) is 18.6. The lowest BCUT2D eigenvalue weighted by molar-refractivity contribution is -0.120. The van der Waals surface area contributed by atoms with Gasteiger partial charge in [0.25, 0.3) is 0 Å². The number of carbonyl (C=O) groups is 1. The van der Waals surface area contributed by atoms with Crippen LogP contribution in [0.5, 0.6) is 0 Å². The van der Waals surface area contributed by atoms with E-state index in [1.165, 1.54) is 0 Å². The number of fused-ring (bicyclic) bond motifs is 1. The molecule has 0 aliphatic rings. The highest BCUT2D eigenvalue weighted by Gasteiger charge is 2.12. The van der Waals surface area contributed by atoms with Gasteiger partial charge in [0.2, 0.25) is 5.91 Å². The zero-order valence-electron chi connectivity index (χ0n) is 15.4. The van der Waals surface area contributed by atoms with E-state index in [0.717, 1.165) is 54.5 Å². The van der Waals surface area contributed by atoms with Gasteiger partial charge >= 0.3 is 0 Å². The molecule has 0 radical (unpaired) electrons. The first-order valence-electron chi connectivity index (χ1n) is 9.21. The smallest absolute Gasteiger partial charge is 0.225 e. The molecule has 0 bridgehead atoms. The molecule has 2 aromatic heterocycles.